The van der Waals surface area contributed by atoms with Gasteiger partial charge in [-0.1, -0.05) is 30.9 Å². The molecule has 1 heterocycles. The lowest BCUT2D eigenvalue weighted by molar-refractivity contribution is 0.358. The highest BCUT2D eigenvalue weighted by Crippen LogP contribution is 2.17. The highest BCUT2D eigenvalue weighted by Gasteiger charge is 2.04. The fraction of sp³-hybridized carbons (Fsp3) is 0.294. The van der Waals surface area contributed by atoms with Gasteiger partial charge in [0.25, 0.3) is 0 Å². The fourth-order valence-corrected chi connectivity index (χ4v) is 2.06. The van der Waals surface area contributed by atoms with E-state index in [1.807, 2.05) is 35.0 Å². The van der Waals surface area contributed by atoms with E-state index in [4.69, 9.17) is 4.74 Å². The molecular weight excluding hydrogens is 417 g/mol. The Balaban J connectivity index is 0.00000288. The minimum absolute atomic E-state index is 0. The van der Waals surface area contributed by atoms with E-state index in [0.717, 1.165) is 30.4 Å². The number of hydrogen-bond acceptors (Lipinski definition) is 3. The van der Waals surface area contributed by atoms with E-state index in [2.05, 4.69) is 27.2 Å². The summed E-state index contributed by atoms with van der Waals surface area (Å²) in [7, 11) is 1.76. The number of para-hydroxylation sites is 1. The SMILES string of the molecule is C=CCOc1ccccc1CNC(=NC)NCCn1ccnc1.I. The first-order valence-electron chi connectivity index (χ1n) is 7.55. The molecule has 2 N–H and O–H groups in total. The number of aromatic nitrogens is 2. The maximum atomic E-state index is 5.65. The molecule has 24 heavy (non-hydrogen) atoms. The van der Waals surface area contributed by atoms with E-state index >= 15 is 0 Å². The second kappa shape index (κ2) is 11.5. The van der Waals surface area contributed by atoms with Crippen LogP contribution in [0, 0.1) is 0 Å². The molecule has 6 nitrogen and oxygen atoms in total. The summed E-state index contributed by atoms with van der Waals surface area (Å²) in [6.45, 7) is 6.41. The Labute approximate surface area is 160 Å². The summed E-state index contributed by atoms with van der Waals surface area (Å²) < 4.78 is 7.67. The Hall–Kier alpha value is -2.03. The summed E-state index contributed by atoms with van der Waals surface area (Å²) in [6.07, 6.45) is 7.24. The molecule has 0 fully saturated rings. The van der Waals surface area contributed by atoms with Gasteiger partial charge in [-0.2, -0.15) is 0 Å². The summed E-state index contributed by atoms with van der Waals surface area (Å²) in [5.41, 5.74) is 1.08. The summed E-state index contributed by atoms with van der Waals surface area (Å²) in [4.78, 5) is 8.25. The van der Waals surface area contributed by atoms with Crippen LogP contribution in [-0.2, 0) is 13.1 Å². The van der Waals surface area contributed by atoms with Gasteiger partial charge in [-0.05, 0) is 6.07 Å². The minimum Gasteiger partial charge on any atom is -0.489 e. The summed E-state index contributed by atoms with van der Waals surface area (Å²) in [6, 6.07) is 7.94. The Morgan fingerprint density at radius 2 is 2.21 bits per heavy atom. The van der Waals surface area contributed by atoms with Crippen molar-refractivity contribution in [2.45, 2.75) is 13.1 Å². The van der Waals surface area contributed by atoms with Crippen molar-refractivity contribution < 1.29 is 4.74 Å². The molecule has 1 aromatic heterocycles. The zero-order chi connectivity index (χ0) is 16.3. The van der Waals surface area contributed by atoms with Gasteiger partial charge in [0.1, 0.15) is 12.4 Å². The number of benzene rings is 1. The zero-order valence-corrected chi connectivity index (χ0v) is 16.1. The molecule has 0 atom stereocenters. The zero-order valence-electron chi connectivity index (χ0n) is 13.8. The standard InChI is InChI=1S/C17H23N5O.HI/c1-3-12-23-16-7-5-4-6-15(16)13-21-17(18-2)20-9-11-22-10-8-19-14-22;/h3-8,10,14H,1,9,11-13H2,2H3,(H2,18,20,21);1H. The van der Waals surface area contributed by atoms with Gasteiger partial charge in [-0.15, -0.1) is 24.0 Å². The van der Waals surface area contributed by atoms with Crippen LogP contribution < -0.4 is 15.4 Å². The van der Waals surface area contributed by atoms with E-state index < -0.39 is 0 Å². The lowest BCUT2D eigenvalue weighted by Crippen LogP contribution is -2.38. The fourth-order valence-electron chi connectivity index (χ4n) is 2.06. The van der Waals surface area contributed by atoms with E-state index in [1.165, 1.54) is 0 Å². The van der Waals surface area contributed by atoms with Crippen LogP contribution in [0.4, 0.5) is 0 Å². The van der Waals surface area contributed by atoms with Crippen LogP contribution in [0.3, 0.4) is 0 Å². The number of imidazole rings is 1. The van der Waals surface area contributed by atoms with Crippen molar-refractivity contribution >= 4 is 29.9 Å². The van der Waals surface area contributed by atoms with Gasteiger partial charge >= 0.3 is 0 Å². The number of aliphatic imine (C=N–C) groups is 1. The highest BCUT2D eigenvalue weighted by atomic mass is 127. The first-order valence-corrected chi connectivity index (χ1v) is 7.55. The topological polar surface area (TPSA) is 63.5 Å². The van der Waals surface area contributed by atoms with Crippen molar-refractivity contribution in [1.82, 2.24) is 20.2 Å². The summed E-state index contributed by atoms with van der Waals surface area (Å²) in [5.74, 6) is 1.61. The number of rotatable bonds is 8. The Morgan fingerprint density at radius 3 is 2.92 bits per heavy atom. The second-order valence-corrected chi connectivity index (χ2v) is 4.86. The first-order chi connectivity index (χ1) is 11.3. The smallest absolute Gasteiger partial charge is 0.191 e. The monoisotopic (exact) mass is 441 g/mol. The molecule has 0 saturated carbocycles. The number of nitrogens with one attached hydrogen (secondary N) is 2. The molecule has 2 aromatic rings. The van der Waals surface area contributed by atoms with E-state index in [0.29, 0.717) is 13.2 Å². The van der Waals surface area contributed by atoms with Gasteiger partial charge in [0.15, 0.2) is 5.96 Å². The molecule has 0 spiro atoms. The van der Waals surface area contributed by atoms with Crippen molar-refractivity contribution in [3.8, 4) is 5.75 Å². The van der Waals surface area contributed by atoms with E-state index in [9.17, 15) is 0 Å². The Morgan fingerprint density at radius 1 is 1.38 bits per heavy atom. The molecule has 2 rings (SSSR count). The van der Waals surface area contributed by atoms with Gasteiger partial charge in [-0.25, -0.2) is 4.98 Å². The normalized spacial score (nSPS) is 10.6. The molecule has 1 aromatic carbocycles. The average molecular weight is 441 g/mol. The van der Waals surface area contributed by atoms with Crippen molar-refractivity contribution in [3.05, 3.63) is 61.2 Å². The van der Waals surface area contributed by atoms with Gasteiger partial charge in [-0.3, -0.25) is 4.99 Å². The van der Waals surface area contributed by atoms with Crippen molar-refractivity contribution in [3.63, 3.8) is 0 Å². The third kappa shape index (κ3) is 6.61. The van der Waals surface area contributed by atoms with Crippen molar-refractivity contribution in [2.24, 2.45) is 4.99 Å². The largest absolute Gasteiger partial charge is 0.489 e. The molecule has 0 radical (unpaired) electrons. The quantitative estimate of drug-likeness (QED) is 0.286. The third-order valence-corrected chi connectivity index (χ3v) is 3.22. The van der Waals surface area contributed by atoms with Gasteiger partial charge in [0.2, 0.25) is 0 Å². The lowest BCUT2D eigenvalue weighted by Gasteiger charge is -2.14. The van der Waals surface area contributed by atoms with Crippen molar-refractivity contribution in [2.75, 3.05) is 20.2 Å². The number of nitrogens with zero attached hydrogens (tertiary/aromatic N) is 3. The van der Waals surface area contributed by atoms with Crippen LogP contribution in [0.5, 0.6) is 5.75 Å². The minimum atomic E-state index is 0. The molecule has 0 saturated heterocycles. The number of halogens is 1. The number of ether oxygens (including phenoxy) is 1. The number of hydrogen-bond donors (Lipinski definition) is 2. The lowest BCUT2D eigenvalue weighted by atomic mass is 10.2. The van der Waals surface area contributed by atoms with Crippen molar-refractivity contribution in [1.29, 1.82) is 0 Å². The Kier molecular flexibility index (Phi) is 9.59. The predicted octanol–water partition coefficient (Wildman–Crippen LogP) is 2.43. The molecule has 0 aliphatic carbocycles. The first kappa shape index (κ1) is 20.0. The molecule has 0 bridgehead atoms. The maximum Gasteiger partial charge on any atom is 0.191 e. The molecule has 0 amide bonds. The summed E-state index contributed by atoms with van der Waals surface area (Å²) in [5, 5.41) is 6.56. The highest BCUT2D eigenvalue weighted by molar-refractivity contribution is 14.0. The van der Waals surface area contributed by atoms with Crippen LogP contribution in [-0.4, -0.2) is 35.7 Å². The molecule has 0 aliphatic heterocycles. The van der Waals surface area contributed by atoms with Crippen LogP contribution in [0.1, 0.15) is 5.56 Å². The van der Waals surface area contributed by atoms with Crippen LogP contribution in [0.2, 0.25) is 0 Å². The number of guanidine groups is 1. The molecule has 0 aliphatic rings. The van der Waals surface area contributed by atoms with Crippen LogP contribution >= 0.6 is 24.0 Å². The van der Waals surface area contributed by atoms with Gasteiger partial charge in [0, 0.05) is 44.6 Å². The Bertz CT molecular complexity index is 628. The second-order valence-electron chi connectivity index (χ2n) is 4.86. The molecular formula is C17H24IN5O. The third-order valence-electron chi connectivity index (χ3n) is 3.22. The molecule has 0 unspecified atom stereocenters. The van der Waals surface area contributed by atoms with E-state index in [1.54, 1.807) is 25.6 Å². The van der Waals surface area contributed by atoms with E-state index in [-0.39, 0.29) is 24.0 Å². The molecule has 130 valence electrons. The van der Waals surface area contributed by atoms with Crippen LogP contribution in [0.25, 0.3) is 0 Å². The average Bonchev–Trinajstić information content (AvgIpc) is 3.10. The molecule has 7 heteroatoms. The summed E-state index contributed by atoms with van der Waals surface area (Å²) >= 11 is 0. The van der Waals surface area contributed by atoms with Gasteiger partial charge in [0.05, 0.1) is 6.33 Å². The predicted molar refractivity (Wildman–Crippen MR) is 108 cm³/mol. The maximum absolute atomic E-state index is 5.65. The van der Waals surface area contributed by atoms with Gasteiger partial charge < -0.3 is 19.9 Å². The van der Waals surface area contributed by atoms with Crippen LogP contribution in [0.15, 0.2) is 60.6 Å².